The number of carbonyl (C=O) groups is 1. The van der Waals surface area contributed by atoms with E-state index in [4.69, 9.17) is 4.74 Å². The molecule has 1 aliphatic carbocycles. The zero-order chi connectivity index (χ0) is 18.3. The number of nitrogens with zero attached hydrogens (tertiary/aromatic N) is 2. The van der Waals surface area contributed by atoms with Crippen LogP contribution in [0.2, 0.25) is 0 Å². The van der Waals surface area contributed by atoms with E-state index in [0.717, 1.165) is 0 Å². The number of nitriles is 1. The molecule has 7 heteroatoms. The molecule has 3 rings (SSSR count). The summed E-state index contributed by atoms with van der Waals surface area (Å²) in [5.74, 6) is -0.229. The Kier molecular flexibility index (Phi) is 4.31. The minimum atomic E-state index is -3.66. The Morgan fingerprint density at radius 3 is 2.56 bits per heavy atom. The Balaban J connectivity index is 1.98. The summed E-state index contributed by atoms with van der Waals surface area (Å²) in [4.78, 5) is 12.6. The number of ether oxygens (including phenoxy) is 1. The fourth-order valence-electron chi connectivity index (χ4n) is 3.57. The molecule has 0 N–H and O–H groups in total. The van der Waals surface area contributed by atoms with Gasteiger partial charge in [0.15, 0.2) is 5.78 Å². The van der Waals surface area contributed by atoms with Gasteiger partial charge in [0.2, 0.25) is 10.0 Å². The van der Waals surface area contributed by atoms with Crippen LogP contribution in [0.15, 0.2) is 46.9 Å². The third-order valence-corrected chi connectivity index (χ3v) is 6.54. The first-order valence-corrected chi connectivity index (χ1v) is 9.51. The molecule has 0 bridgehead atoms. The zero-order valence-electron chi connectivity index (χ0n) is 14.2. The maximum Gasteiger partial charge on any atom is 0.243 e. The number of hydrogen-bond acceptors (Lipinski definition) is 5. The molecule has 1 saturated heterocycles. The highest BCUT2D eigenvalue weighted by atomic mass is 32.2. The highest BCUT2D eigenvalue weighted by molar-refractivity contribution is 7.89. The fraction of sp³-hybridized carbons (Fsp3) is 0.444. The minimum absolute atomic E-state index is 0.0372. The maximum absolute atomic E-state index is 12.9. The van der Waals surface area contributed by atoms with Gasteiger partial charge < -0.3 is 4.74 Å². The normalized spacial score (nSPS) is 26.9. The number of ketones is 1. The first kappa shape index (κ1) is 17.8. The molecule has 0 aromatic heterocycles. The molecule has 1 aromatic rings. The molecular weight excluding hydrogens is 340 g/mol. The van der Waals surface area contributed by atoms with Crippen LogP contribution in [-0.2, 0) is 19.6 Å². The molecule has 0 amide bonds. The highest BCUT2D eigenvalue weighted by Crippen LogP contribution is 2.41. The lowest BCUT2D eigenvalue weighted by Gasteiger charge is -2.46. The van der Waals surface area contributed by atoms with Crippen molar-refractivity contribution in [2.75, 3.05) is 19.7 Å². The second kappa shape index (κ2) is 6.06. The molecule has 0 saturated carbocycles. The second-order valence-electron chi connectivity index (χ2n) is 7.12. The summed E-state index contributed by atoms with van der Waals surface area (Å²) < 4.78 is 33.1. The summed E-state index contributed by atoms with van der Waals surface area (Å²) in [5.41, 5.74) is -1.70. The molecule has 1 atom stereocenters. The predicted molar refractivity (Wildman–Crippen MR) is 91.0 cm³/mol. The van der Waals surface area contributed by atoms with Gasteiger partial charge in [0, 0.05) is 18.5 Å². The van der Waals surface area contributed by atoms with Gasteiger partial charge >= 0.3 is 0 Å². The van der Waals surface area contributed by atoms with E-state index in [0.29, 0.717) is 6.42 Å². The molecule has 132 valence electrons. The van der Waals surface area contributed by atoms with Gasteiger partial charge in [-0.2, -0.15) is 9.57 Å². The molecule has 0 radical (unpaired) electrons. The highest BCUT2D eigenvalue weighted by Gasteiger charge is 2.49. The standard InChI is InChI=1S/C18H20N2O4S/c1-17(2)12-18(10-14(11-19)16(17)21)13-20(8-9-24-18)25(22,23)15-6-4-3-5-7-15/h3-7,10H,8-9,12-13H2,1-2H3. The number of carbonyl (C=O) groups excluding carboxylic acids is 1. The number of sulfonamides is 1. The van der Waals surface area contributed by atoms with Crippen molar-refractivity contribution < 1.29 is 17.9 Å². The number of benzene rings is 1. The summed E-state index contributed by atoms with van der Waals surface area (Å²) in [6.07, 6.45) is 1.85. The van der Waals surface area contributed by atoms with Crippen molar-refractivity contribution in [3.63, 3.8) is 0 Å². The summed E-state index contributed by atoms with van der Waals surface area (Å²) in [6.45, 7) is 4.06. The predicted octanol–water partition coefficient (Wildman–Crippen LogP) is 1.90. The average molecular weight is 360 g/mol. The van der Waals surface area contributed by atoms with Crippen LogP contribution in [0.5, 0.6) is 0 Å². The van der Waals surface area contributed by atoms with Crippen LogP contribution in [0.1, 0.15) is 20.3 Å². The van der Waals surface area contributed by atoms with Crippen LogP contribution < -0.4 is 0 Å². The molecule has 1 spiro atoms. The Morgan fingerprint density at radius 1 is 1.24 bits per heavy atom. The Hall–Kier alpha value is -2.01. The summed E-state index contributed by atoms with van der Waals surface area (Å²) in [7, 11) is -3.66. The SMILES string of the molecule is CC1(C)CC2(C=C(C#N)C1=O)CN(S(=O)(=O)c1ccccc1)CCO2. The minimum Gasteiger partial charge on any atom is -0.368 e. The molecule has 6 nitrogen and oxygen atoms in total. The monoisotopic (exact) mass is 360 g/mol. The van der Waals surface area contributed by atoms with Crippen LogP contribution in [0, 0.1) is 16.7 Å². The second-order valence-corrected chi connectivity index (χ2v) is 9.06. The average Bonchev–Trinajstić information content (AvgIpc) is 2.59. The van der Waals surface area contributed by atoms with Crippen molar-refractivity contribution in [2.45, 2.75) is 30.8 Å². The van der Waals surface area contributed by atoms with Gasteiger partial charge in [0.05, 0.1) is 17.1 Å². The smallest absolute Gasteiger partial charge is 0.243 e. The van der Waals surface area contributed by atoms with Crippen LogP contribution in [-0.4, -0.2) is 43.8 Å². The lowest BCUT2D eigenvalue weighted by atomic mass is 9.69. The third kappa shape index (κ3) is 3.13. The number of hydrogen-bond donors (Lipinski definition) is 0. The van der Waals surface area contributed by atoms with Crippen molar-refractivity contribution >= 4 is 15.8 Å². The largest absolute Gasteiger partial charge is 0.368 e. The molecule has 1 aromatic carbocycles. The van der Waals surface area contributed by atoms with Crippen molar-refractivity contribution in [1.82, 2.24) is 4.31 Å². The van der Waals surface area contributed by atoms with Crippen molar-refractivity contribution in [1.29, 1.82) is 5.26 Å². The number of allylic oxidation sites excluding steroid dienone is 1. The van der Waals surface area contributed by atoms with Gasteiger partial charge in [-0.3, -0.25) is 4.79 Å². The van der Waals surface area contributed by atoms with E-state index in [9.17, 15) is 18.5 Å². The summed E-state index contributed by atoms with van der Waals surface area (Å²) in [6, 6.07) is 10.2. The topological polar surface area (TPSA) is 87.5 Å². The van der Waals surface area contributed by atoms with Crippen molar-refractivity contribution in [3.05, 3.63) is 42.0 Å². The van der Waals surface area contributed by atoms with E-state index in [1.165, 1.54) is 10.4 Å². The molecule has 1 aliphatic heterocycles. The van der Waals surface area contributed by atoms with E-state index in [1.54, 1.807) is 44.2 Å². The summed E-state index contributed by atoms with van der Waals surface area (Å²) >= 11 is 0. The van der Waals surface area contributed by atoms with Crippen LogP contribution in [0.4, 0.5) is 0 Å². The van der Waals surface area contributed by atoms with Crippen LogP contribution >= 0.6 is 0 Å². The van der Waals surface area contributed by atoms with Gasteiger partial charge in [-0.1, -0.05) is 32.0 Å². The van der Waals surface area contributed by atoms with Crippen LogP contribution in [0.3, 0.4) is 0 Å². The van der Waals surface area contributed by atoms with E-state index in [-0.39, 0.29) is 35.9 Å². The molecule has 1 unspecified atom stereocenters. The first-order valence-electron chi connectivity index (χ1n) is 8.07. The quantitative estimate of drug-likeness (QED) is 0.804. The molecule has 25 heavy (non-hydrogen) atoms. The van der Waals surface area contributed by atoms with Crippen molar-refractivity contribution in [2.24, 2.45) is 5.41 Å². The third-order valence-electron chi connectivity index (χ3n) is 4.68. The van der Waals surface area contributed by atoms with Crippen molar-refractivity contribution in [3.8, 4) is 6.07 Å². The van der Waals surface area contributed by atoms with E-state index in [1.807, 2.05) is 6.07 Å². The van der Waals surface area contributed by atoms with E-state index in [2.05, 4.69) is 0 Å². The number of rotatable bonds is 2. The maximum atomic E-state index is 12.9. The Labute approximate surface area is 147 Å². The molecule has 1 fully saturated rings. The molecular formula is C18H20N2O4S. The van der Waals surface area contributed by atoms with E-state index < -0.39 is 21.0 Å². The zero-order valence-corrected chi connectivity index (χ0v) is 15.0. The van der Waals surface area contributed by atoms with Crippen LogP contribution in [0.25, 0.3) is 0 Å². The Morgan fingerprint density at radius 2 is 1.92 bits per heavy atom. The fourth-order valence-corrected chi connectivity index (χ4v) is 5.07. The summed E-state index contributed by atoms with van der Waals surface area (Å²) in [5, 5.41) is 9.28. The van der Waals surface area contributed by atoms with Gasteiger partial charge in [-0.15, -0.1) is 0 Å². The number of Topliss-reactive ketones (excluding diaryl/α,β-unsaturated/α-hetero) is 1. The number of morpholine rings is 1. The first-order chi connectivity index (χ1) is 11.7. The van der Waals surface area contributed by atoms with E-state index >= 15 is 0 Å². The van der Waals surface area contributed by atoms with Gasteiger partial charge in [-0.05, 0) is 24.6 Å². The van der Waals surface area contributed by atoms with Gasteiger partial charge in [0.1, 0.15) is 11.7 Å². The molecule has 1 heterocycles. The lowest BCUT2D eigenvalue weighted by molar-refractivity contribution is -0.133. The Bertz CT molecular complexity index is 868. The lowest BCUT2D eigenvalue weighted by Crippen LogP contribution is -2.56. The molecule has 2 aliphatic rings. The van der Waals surface area contributed by atoms with Gasteiger partial charge in [-0.25, -0.2) is 8.42 Å². The van der Waals surface area contributed by atoms with Gasteiger partial charge in [0.25, 0.3) is 0 Å².